The fourth-order valence-corrected chi connectivity index (χ4v) is 6.76. The summed E-state index contributed by atoms with van der Waals surface area (Å²) in [5, 5.41) is 10.5. The summed E-state index contributed by atoms with van der Waals surface area (Å²) in [5.74, 6) is 0.719. The molecule has 37 heavy (non-hydrogen) atoms. The highest BCUT2D eigenvalue weighted by molar-refractivity contribution is 7.66. The van der Waals surface area contributed by atoms with Gasteiger partial charge in [-0.15, -0.1) is 0 Å². The van der Waals surface area contributed by atoms with Gasteiger partial charge in [0, 0.05) is 12.8 Å². The van der Waals surface area contributed by atoms with Crippen LogP contribution in [-0.2, 0) is 38.0 Å². The summed E-state index contributed by atoms with van der Waals surface area (Å²) >= 11 is 0. The molecule has 3 heterocycles. The van der Waals surface area contributed by atoms with Crippen molar-refractivity contribution >= 4 is 40.4 Å². The smallest absolute Gasteiger partial charge is 0.390 e. The lowest BCUT2D eigenvalue weighted by atomic mass is 10.1. The zero-order chi connectivity index (χ0) is 27.4. The van der Waals surface area contributed by atoms with Crippen LogP contribution in [0.2, 0.25) is 0 Å². The van der Waals surface area contributed by atoms with Crippen LogP contribution in [0.1, 0.15) is 44.2 Å². The molecule has 5 atom stereocenters. The van der Waals surface area contributed by atoms with E-state index in [4.69, 9.17) is 26.0 Å². The molecule has 2 aromatic rings. The minimum Gasteiger partial charge on any atom is -0.390 e. The number of aromatic nitrogens is 4. The van der Waals surface area contributed by atoms with Gasteiger partial charge >= 0.3 is 23.5 Å². The summed E-state index contributed by atoms with van der Waals surface area (Å²) in [4.78, 5) is 48.8. The Bertz CT molecular complexity index is 1220. The predicted octanol–water partition coefficient (Wildman–Crippen LogP) is 0.462. The molecule has 1 aliphatic heterocycles. The molecule has 21 heteroatoms. The second kappa shape index (κ2) is 12.2. The SMILES string of the molecule is NCCCCCCc1nc2c(N)ncnc2n1[C@H]1C[C@H](O)[C@@H](COP(=O)(O)OP(=O)(O)OP(=O)(O)O)O1. The maximum Gasteiger partial charge on any atom is 0.490 e. The zero-order valence-corrected chi connectivity index (χ0v) is 22.0. The number of imidazole rings is 1. The number of nitrogens with zero attached hydrogens (tertiary/aromatic N) is 4. The molecular weight excluding hydrogens is 561 g/mol. The van der Waals surface area contributed by atoms with Crippen molar-refractivity contribution in [2.24, 2.45) is 5.73 Å². The molecule has 1 fully saturated rings. The molecule has 0 radical (unpaired) electrons. The van der Waals surface area contributed by atoms with Crippen molar-refractivity contribution in [3.63, 3.8) is 0 Å². The molecular formula is C16H29N6O12P3. The number of ether oxygens (including phenoxy) is 1. The maximum absolute atomic E-state index is 12.0. The lowest BCUT2D eigenvalue weighted by Crippen LogP contribution is -2.26. The summed E-state index contributed by atoms with van der Waals surface area (Å²) < 4.78 is 53.6. The van der Waals surface area contributed by atoms with Crippen molar-refractivity contribution in [2.45, 2.75) is 57.0 Å². The summed E-state index contributed by atoms with van der Waals surface area (Å²) in [7, 11) is -16.6. The summed E-state index contributed by atoms with van der Waals surface area (Å²) in [6.07, 6.45) is 2.05. The van der Waals surface area contributed by atoms with Crippen LogP contribution in [0, 0.1) is 0 Å². The first-order valence-electron chi connectivity index (χ1n) is 11.0. The second-order valence-electron chi connectivity index (χ2n) is 8.10. The van der Waals surface area contributed by atoms with E-state index in [1.165, 1.54) is 6.33 Å². The minimum absolute atomic E-state index is 0.0000338. The van der Waals surface area contributed by atoms with Crippen LogP contribution in [0.25, 0.3) is 11.2 Å². The number of nitrogens with two attached hydrogens (primary N) is 2. The third-order valence-electron chi connectivity index (χ3n) is 5.24. The highest BCUT2D eigenvalue weighted by atomic mass is 31.3. The Morgan fingerprint density at radius 1 is 1.05 bits per heavy atom. The van der Waals surface area contributed by atoms with Gasteiger partial charge in [0.05, 0.1) is 12.7 Å². The largest absolute Gasteiger partial charge is 0.490 e. The number of hydrogen-bond donors (Lipinski definition) is 7. The number of phosphoric acid groups is 3. The Kier molecular flexibility index (Phi) is 9.97. The molecule has 2 aromatic heterocycles. The lowest BCUT2D eigenvalue weighted by molar-refractivity contribution is -0.0431. The molecule has 0 bridgehead atoms. The van der Waals surface area contributed by atoms with Gasteiger partial charge in [-0.25, -0.2) is 28.6 Å². The van der Waals surface area contributed by atoms with Crippen LogP contribution in [0.4, 0.5) is 5.82 Å². The molecule has 0 saturated carbocycles. The molecule has 0 spiro atoms. The Morgan fingerprint density at radius 2 is 1.76 bits per heavy atom. The van der Waals surface area contributed by atoms with Crippen LogP contribution in [0.3, 0.4) is 0 Å². The van der Waals surface area contributed by atoms with Crippen molar-refractivity contribution in [1.82, 2.24) is 19.5 Å². The highest BCUT2D eigenvalue weighted by Gasteiger charge is 2.43. The number of rotatable bonds is 14. The van der Waals surface area contributed by atoms with Gasteiger partial charge in [0.25, 0.3) is 0 Å². The lowest BCUT2D eigenvalue weighted by Gasteiger charge is -2.20. The average Bonchev–Trinajstić information content (AvgIpc) is 3.30. The second-order valence-corrected chi connectivity index (χ2v) is 12.5. The number of fused-ring (bicyclic) bond motifs is 1. The van der Waals surface area contributed by atoms with Gasteiger partial charge in [0.15, 0.2) is 17.0 Å². The number of aliphatic hydroxyl groups is 1. The maximum atomic E-state index is 12.0. The third kappa shape index (κ3) is 8.57. The van der Waals surface area contributed by atoms with E-state index in [9.17, 15) is 28.6 Å². The first kappa shape index (κ1) is 30.2. The van der Waals surface area contributed by atoms with Crippen LogP contribution < -0.4 is 11.5 Å². The fourth-order valence-electron chi connectivity index (χ4n) is 3.73. The van der Waals surface area contributed by atoms with E-state index in [2.05, 4.69) is 28.1 Å². The summed E-state index contributed by atoms with van der Waals surface area (Å²) in [6, 6.07) is 0. The van der Waals surface area contributed by atoms with Gasteiger partial charge in [-0.1, -0.05) is 12.8 Å². The van der Waals surface area contributed by atoms with Gasteiger partial charge in [0.1, 0.15) is 24.5 Å². The van der Waals surface area contributed by atoms with Crippen molar-refractivity contribution in [3.8, 4) is 0 Å². The van der Waals surface area contributed by atoms with Gasteiger partial charge in [0.2, 0.25) is 0 Å². The Balaban J connectivity index is 1.71. The van der Waals surface area contributed by atoms with Gasteiger partial charge in [-0.05, 0) is 19.4 Å². The van der Waals surface area contributed by atoms with Crippen molar-refractivity contribution < 1.29 is 56.3 Å². The van der Waals surface area contributed by atoms with Gasteiger partial charge < -0.3 is 40.9 Å². The van der Waals surface area contributed by atoms with E-state index in [0.717, 1.165) is 25.7 Å². The number of nitrogen functional groups attached to an aromatic ring is 1. The Hall–Kier alpha value is -1.36. The van der Waals surface area contributed by atoms with Crippen LogP contribution in [0.5, 0.6) is 0 Å². The first-order chi connectivity index (χ1) is 17.2. The molecule has 18 nitrogen and oxygen atoms in total. The predicted molar refractivity (Wildman–Crippen MR) is 125 cm³/mol. The van der Waals surface area contributed by atoms with Crippen LogP contribution in [-0.4, -0.2) is 69.6 Å². The first-order valence-corrected chi connectivity index (χ1v) is 15.5. The van der Waals surface area contributed by atoms with Crippen molar-refractivity contribution in [3.05, 3.63) is 12.2 Å². The normalized spacial score (nSPS) is 23.8. The topological polar surface area (TPSA) is 285 Å². The van der Waals surface area contributed by atoms with E-state index < -0.39 is 48.5 Å². The number of unbranched alkanes of at least 4 members (excludes halogenated alkanes) is 3. The summed E-state index contributed by atoms with van der Waals surface area (Å²) in [5.41, 5.74) is 12.2. The van der Waals surface area contributed by atoms with E-state index in [1.54, 1.807) is 4.57 Å². The number of anilines is 1. The molecule has 0 aliphatic carbocycles. The zero-order valence-electron chi connectivity index (χ0n) is 19.3. The average molecular weight is 590 g/mol. The monoisotopic (exact) mass is 590 g/mol. The van der Waals surface area contributed by atoms with Gasteiger partial charge in [-0.3, -0.25) is 9.09 Å². The summed E-state index contributed by atoms with van der Waals surface area (Å²) in [6.45, 7) is -0.195. The Labute approximate surface area is 210 Å². The minimum atomic E-state index is -5.67. The van der Waals surface area contributed by atoms with E-state index in [-0.39, 0.29) is 12.2 Å². The fraction of sp³-hybridized carbons (Fsp3) is 0.688. The van der Waals surface area contributed by atoms with Crippen molar-refractivity contribution in [2.75, 3.05) is 18.9 Å². The molecule has 0 amide bonds. The number of hydrogen-bond acceptors (Lipinski definition) is 13. The van der Waals surface area contributed by atoms with E-state index in [1.807, 2.05) is 0 Å². The molecule has 3 rings (SSSR count). The molecule has 2 unspecified atom stereocenters. The molecule has 1 aliphatic rings. The van der Waals surface area contributed by atoms with Crippen LogP contribution in [0.15, 0.2) is 6.33 Å². The molecule has 9 N–H and O–H groups in total. The standard InChI is InChI=1S/C16H29N6O12P3/c17-6-4-2-1-3-5-12-21-14-15(18)19-9-20-16(14)22(12)13-7-10(23)11(32-13)8-31-36(27,28)34-37(29,30)33-35(24,25)26/h9-11,13,23H,1-8,17H2,(H,27,28)(H,29,30)(H2,18,19,20)(H2,24,25,26)/t10-,11+,13+/m0/s1. The van der Waals surface area contributed by atoms with Crippen LogP contribution >= 0.6 is 23.5 Å². The Morgan fingerprint density at radius 3 is 2.43 bits per heavy atom. The number of aliphatic hydroxyl groups excluding tert-OH is 1. The van der Waals surface area contributed by atoms with Gasteiger partial charge in [-0.2, -0.15) is 8.62 Å². The highest BCUT2D eigenvalue weighted by Crippen LogP contribution is 2.66. The molecule has 0 aromatic carbocycles. The van der Waals surface area contributed by atoms with Crippen molar-refractivity contribution in [1.29, 1.82) is 0 Å². The molecule has 210 valence electrons. The van der Waals surface area contributed by atoms with E-state index in [0.29, 0.717) is 30.0 Å². The third-order valence-corrected chi connectivity index (χ3v) is 9.05. The quantitative estimate of drug-likeness (QED) is 0.116. The number of aryl methyl sites for hydroxylation is 1. The molecule has 1 saturated heterocycles. The van der Waals surface area contributed by atoms with E-state index >= 15 is 0 Å². The number of phosphoric ester groups is 1.